The summed E-state index contributed by atoms with van der Waals surface area (Å²) in [4.78, 5) is 16.6. The molecule has 1 rings (SSSR count). The fourth-order valence-corrected chi connectivity index (χ4v) is 2.57. The number of morpholine rings is 1. The first-order chi connectivity index (χ1) is 10.0. The van der Waals surface area contributed by atoms with Crippen LogP contribution >= 0.6 is 0 Å². The van der Waals surface area contributed by atoms with Gasteiger partial charge in [-0.05, 0) is 13.3 Å². The predicted octanol–water partition coefficient (Wildman–Crippen LogP) is 0.578. The van der Waals surface area contributed by atoms with Crippen LogP contribution < -0.4 is 5.73 Å². The number of hydrogen-bond donors (Lipinski definition) is 1. The number of carbonyl (C=O) groups is 1. The molecule has 1 fully saturated rings. The van der Waals surface area contributed by atoms with Crippen LogP contribution in [-0.4, -0.2) is 67.2 Å². The summed E-state index contributed by atoms with van der Waals surface area (Å²) in [6, 6.07) is 2.11. The maximum absolute atomic E-state index is 12.6. The van der Waals surface area contributed by atoms with E-state index in [1.54, 1.807) is 11.8 Å². The van der Waals surface area contributed by atoms with Gasteiger partial charge < -0.3 is 15.4 Å². The Balaban J connectivity index is 2.57. The zero-order valence-electron chi connectivity index (χ0n) is 13.3. The summed E-state index contributed by atoms with van der Waals surface area (Å²) in [5.41, 5.74) is 5.31. The highest BCUT2D eigenvalue weighted by Gasteiger charge is 2.31. The van der Waals surface area contributed by atoms with Gasteiger partial charge in [-0.3, -0.25) is 9.69 Å². The van der Waals surface area contributed by atoms with Gasteiger partial charge >= 0.3 is 0 Å². The van der Waals surface area contributed by atoms with Crippen LogP contribution in [0.5, 0.6) is 0 Å². The van der Waals surface area contributed by atoms with Crippen LogP contribution in [0.3, 0.4) is 0 Å². The Kier molecular flexibility index (Phi) is 7.65. The summed E-state index contributed by atoms with van der Waals surface area (Å²) in [5, 5.41) is 8.77. The first kappa shape index (κ1) is 17.9. The van der Waals surface area contributed by atoms with E-state index >= 15 is 0 Å². The Bertz CT molecular complexity index is 359. The highest BCUT2D eigenvalue weighted by atomic mass is 16.5. The third kappa shape index (κ3) is 6.00. The van der Waals surface area contributed by atoms with Crippen LogP contribution in [0, 0.1) is 11.3 Å². The van der Waals surface area contributed by atoms with Gasteiger partial charge in [0.1, 0.15) is 0 Å². The zero-order valence-corrected chi connectivity index (χ0v) is 13.3. The maximum atomic E-state index is 12.6. The van der Waals surface area contributed by atoms with Crippen molar-refractivity contribution >= 4 is 5.91 Å². The standard InChI is InChI=1S/C15H28N4O2/c1-3-5-15(2,17)14(20)19(7-4-6-16)9-8-18-10-12-21-13-11-18/h3-5,7-13,17H2,1-2H3. The minimum atomic E-state index is -0.838. The van der Waals surface area contributed by atoms with Gasteiger partial charge in [0.15, 0.2) is 0 Å². The number of hydrogen-bond acceptors (Lipinski definition) is 5. The van der Waals surface area contributed by atoms with Gasteiger partial charge in [-0.25, -0.2) is 0 Å². The molecule has 6 nitrogen and oxygen atoms in total. The van der Waals surface area contributed by atoms with E-state index in [1.807, 2.05) is 6.92 Å². The smallest absolute Gasteiger partial charge is 0.242 e. The Hall–Kier alpha value is -1.16. The van der Waals surface area contributed by atoms with Crippen LogP contribution in [0.15, 0.2) is 0 Å². The lowest BCUT2D eigenvalue weighted by atomic mass is 9.95. The molecule has 1 aliphatic rings. The molecule has 0 aliphatic carbocycles. The minimum absolute atomic E-state index is 0.0483. The third-order valence-electron chi connectivity index (χ3n) is 3.83. The van der Waals surface area contributed by atoms with Crippen LogP contribution in [0.1, 0.15) is 33.1 Å². The average Bonchev–Trinajstić information content (AvgIpc) is 2.48. The van der Waals surface area contributed by atoms with Gasteiger partial charge in [0.2, 0.25) is 5.91 Å². The first-order valence-electron chi connectivity index (χ1n) is 7.76. The van der Waals surface area contributed by atoms with Gasteiger partial charge in [0.25, 0.3) is 0 Å². The number of nitrogens with zero attached hydrogens (tertiary/aromatic N) is 3. The van der Waals surface area contributed by atoms with E-state index in [4.69, 9.17) is 15.7 Å². The molecule has 0 bridgehead atoms. The summed E-state index contributed by atoms with van der Waals surface area (Å²) in [6.45, 7) is 8.98. The van der Waals surface area contributed by atoms with E-state index < -0.39 is 5.54 Å². The van der Waals surface area contributed by atoms with Gasteiger partial charge in [-0.2, -0.15) is 5.26 Å². The Morgan fingerprint density at radius 1 is 1.43 bits per heavy atom. The summed E-state index contributed by atoms with van der Waals surface area (Å²) in [6.07, 6.45) is 1.87. The molecule has 2 N–H and O–H groups in total. The van der Waals surface area contributed by atoms with E-state index in [2.05, 4.69) is 11.0 Å². The lowest BCUT2D eigenvalue weighted by molar-refractivity contribution is -0.137. The number of amides is 1. The molecule has 0 radical (unpaired) electrons. The fraction of sp³-hybridized carbons (Fsp3) is 0.867. The molecule has 6 heteroatoms. The van der Waals surface area contributed by atoms with Crippen molar-refractivity contribution in [3.63, 3.8) is 0 Å². The summed E-state index contributed by atoms with van der Waals surface area (Å²) < 4.78 is 5.32. The molecule has 0 saturated carbocycles. The van der Waals surface area contributed by atoms with Crippen molar-refractivity contribution in [1.82, 2.24) is 9.80 Å². The van der Waals surface area contributed by atoms with Crippen molar-refractivity contribution in [1.29, 1.82) is 5.26 Å². The molecule has 1 unspecified atom stereocenters. The highest BCUT2D eigenvalue weighted by molar-refractivity contribution is 5.85. The van der Waals surface area contributed by atoms with Crippen molar-refractivity contribution in [3.8, 4) is 6.07 Å². The van der Waals surface area contributed by atoms with E-state index in [9.17, 15) is 4.79 Å². The Labute approximate surface area is 127 Å². The van der Waals surface area contributed by atoms with Crippen molar-refractivity contribution in [2.24, 2.45) is 5.73 Å². The molecule has 1 amide bonds. The molecule has 1 heterocycles. The average molecular weight is 296 g/mol. The van der Waals surface area contributed by atoms with E-state index in [0.29, 0.717) is 25.9 Å². The van der Waals surface area contributed by atoms with Gasteiger partial charge in [0.05, 0.1) is 31.2 Å². The molecule has 1 atom stereocenters. The second-order valence-electron chi connectivity index (χ2n) is 5.82. The SMILES string of the molecule is CCCC(C)(N)C(=O)N(CCC#N)CCN1CCOCC1. The van der Waals surface area contributed by atoms with Crippen molar-refractivity contribution in [2.45, 2.75) is 38.6 Å². The zero-order chi connectivity index (χ0) is 15.7. The lowest BCUT2D eigenvalue weighted by Crippen LogP contribution is -2.55. The number of nitrogens with two attached hydrogens (primary N) is 1. The Morgan fingerprint density at radius 2 is 2.10 bits per heavy atom. The molecular weight excluding hydrogens is 268 g/mol. The Morgan fingerprint density at radius 3 is 2.67 bits per heavy atom. The van der Waals surface area contributed by atoms with E-state index in [0.717, 1.165) is 39.3 Å². The van der Waals surface area contributed by atoms with Gasteiger partial charge in [0, 0.05) is 32.7 Å². The van der Waals surface area contributed by atoms with Crippen LogP contribution in [0.4, 0.5) is 0 Å². The second kappa shape index (κ2) is 8.98. The molecule has 120 valence electrons. The maximum Gasteiger partial charge on any atom is 0.242 e. The minimum Gasteiger partial charge on any atom is -0.379 e. The van der Waals surface area contributed by atoms with Crippen LogP contribution in [0.2, 0.25) is 0 Å². The summed E-state index contributed by atoms with van der Waals surface area (Å²) in [5.74, 6) is -0.0483. The largest absolute Gasteiger partial charge is 0.379 e. The van der Waals surface area contributed by atoms with Crippen LogP contribution in [0.25, 0.3) is 0 Å². The highest BCUT2D eigenvalue weighted by Crippen LogP contribution is 2.13. The fourth-order valence-electron chi connectivity index (χ4n) is 2.57. The molecule has 0 spiro atoms. The van der Waals surface area contributed by atoms with Crippen LogP contribution in [-0.2, 0) is 9.53 Å². The topological polar surface area (TPSA) is 82.6 Å². The molecule has 1 saturated heterocycles. The van der Waals surface area contributed by atoms with Crippen molar-refractivity contribution in [2.75, 3.05) is 45.9 Å². The molecule has 0 aromatic rings. The molecule has 1 aliphatic heterocycles. The summed E-state index contributed by atoms with van der Waals surface area (Å²) >= 11 is 0. The third-order valence-corrected chi connectivity index (χ3v) is 3.83. The van der Waals surface area contributed by atoms with Gasteiger partial charge in [-0.15, -0.1) is 0 Å². The lowest BCUT2D eigenvalue weighted by Gasteiger charge is -2.34. The molecule has 0 aromatic carbocycles. The quantitative estimate of drug-likeness (QED) is 0.708. The normalized spacial score (nSPS) is 18.8. The molecule has 0 aromatic heterocycles. The number of ether oxygens (including phenoxy) is 1. The summed E-state index contributed by atoms with van der Waals surface area (Å²) in [7, 11) is 0. The second-order valence-corrected chi connectivity index (χ2v) is 5.82. The molecule has 21 heavy (non-hydrogen) atoms. The molecular formula is C15H28N4O2. The number of rotatable bonds is 8. The number of nitriles is 1. The monoisotopic (exact) mass is 296 g/mol. The van der Waals surface area contributed by atoms with E-state index in [-0.39, 0.29) is 5.91 Å². The number of carbonyl (C=O) groups excluding carboxylic acids is 1. The van der Waals surface area contributed by atoms with Crippen molar-refractivity contribution < 1.29 is 9.53 Å². The first-order valence-corrected chi connectivity index (χ1v) is 7.76. The van der Waals surface area contributed by atoms with E-state index in [1.165, 1.54) is 0 Å². The predicted molar refractivity (Wildman–Crippen MR) is 81.6 cm³/mol. The van der Waals surface area contributed by atoms with Crippen molar-refractivity contribution in [3.05, 3.63) is 0 Å². The van der Waals surface area contributed by atoms with Gasteiger partial charge in [-0.1, -0.05) is 13.3 Å².